The van der Waals surface area contributed by atoms with Crippen molar-refractivity contribution in [3.63, 3.8) is 0 Å². The molecule has 0 aliphatic carbocycles. The first-order valence-corrected chi connectivity index (χ1v) is 7.00. The van der Waals surface area contributed by atoms with E-state index >= 15 is 0 Å². The zero-order valence-corrected chi connectivity index (χ0v) is 12.9. The van der Waals surface area contributed by atoms with Crippen molar-refractivity contribution in [1.29, 1.82) is 0 Å². The molecule has 112 valence electrons. The Balaban J connectivity index is 3.09. The van der Waals surface area contributed by atoms with E-state index in [0.29, 0.717) is 11.3 Å². The molecule has 1 amide bonds. The Morgan fingerprint density at radius 2 is 1.95 bits per heavy atom. The van der Waals surface area contributed by atoms with Crippen molar-refractivity contribution in [2.24, 2.45) is 0 Å². The minimum Gasteiger partial charge on any atom is -0.399 e. The Bertz CT molecular complexity index is 445. The van der Waals surface area contributed by atoms with Crippen LogP contribution in [-0.2, 0) is 0 Å². The number of carbonyl (C=O) groups excluding carboxylic acids is 1. The lowest BCUT2D eigenvalue weighted by molar-refractivity contribution is 0.0963. The molecule has 0 aliphatic heterocycles. The summed E-state index contributed by atoms with van der Waals surface area (Å²) in [7, 11) is 5.73. The van der Waals surface area contributed by atoms with Gasteiger partial charge >= 0.3 is 0 Å². The number of nitrogens with one attached hydrogen (secondary N) is 1. The first-order chi connectivity index (χ1) is 9.49. The standard InChI is InChI=1S/C15H26N4O/c1-5-8-19(10-9-18(3)4)14-11-12(16)6-7-13(14)15(20)17-2/h6-7,11H,5,8-10,16H2,1-4H3,(H,17,20). The van der Waals surface area contributed by atoms with Crippen LogP contribution >= 0.6 is 0 Å². The van der Waals surface area contributed by atoms with E-state index in [2.05, 4.69) is 22.0 Å². The predicted octanol–water partition coefficient (Wildman–Crippen LogP) is 1.41. The quantitative estimate of drug-likeness (QED) is 0.740. The number of carbonyl (C=O) groups is 1. The van der Waals surface area contributed by atoms with E-state index < -0.39 is 0 Å². The summed E-state index contributed by atoms with van der Waals surface area (Å²) in [5.74, 6) is -0.0778. The van der Waals surface area contributed by atoms with Gasteiger partial charge in [-0.15, -0.1) is 0 Å². The maximum Gasteiger partial charge on any atom is 0.253 e. The average Bonchev–Trinajstić information content (AvgIpc) is 2.42. The van der Waals surface area contributed by atoms with E-state index in [-0.39, 0.29) is 5.91 Å². The van der Waals surface area contributed by atoms with Gasteiger partial charge < -0.3 is 20.9 Å². The molecule has 1 rings (SSSR count). The molecule has 0 radical (unpaired) electrons. The Hall–Kier alpha value is -1.75. The van der Waals surface area contributed by atoms with Gasteiger partial charge in [-0.05, 0) is 38.7 Å². The number of likely N-dealkylation sites (N-methyl/N-ethyl adjacent to an activating group) is 1. The molecular formula is C15H26N4O. The maximum atomic E-state index is 12.0. The summed E-state index contributed by atoms with van der Waals surface area (Å²) in [6.07, 6.45) is 1.02. The molecule has 0 bridgehead atoms. The van der Waals surface area contributed by atoms with Crippen LogP contribution in [0, 0.1) is 0 Å². The summed E-state index contributed by atoms with van der Waals surface area (Å²) >= 11 is 0. The third kappa shape index (κ3) is 4.42. The van der Waals surface area contributed by atoms with Gasteiger partial charge in [0.1, 0.15) is 0 Å². The van der Waals surface area contributed by atoms with Crippen LogP contribution in [0.25, 0.3) is 0 Å². The number of rotatable bonds is 7. The second-order valence-electron chi connectivity index (χ2n) is 5.15. The van der Waals surface area contributed by atoms with Gasteiger partial charge in [0.15, 0.2) is 0 Å². The Labute approximate surface area is 121 Å². The van der Waals surface area contributed by atoms with Crippen molar-refractivity contribution < 1.29 is 4.79 Å². The van der Waals surface area contributed by atoms with Crippen LogP contribution in [0.5, 0.6) is 0 Å². The lowest BCUT2D eigenvalue weighted by Crippen LogP contribution is -2.34. The SMILES string of the molecule is CCCN(CCN(C)C)c1cc(N)ccc1C(=O)NC. The highest BCUT2D eigenvalue weighted by Gasteiger charge is 2.16. The number of anilines is 2. The first-order valence-electron chi connectivity index (χ1n) is 7.00. The summed E-state index contributed by atoms with van der Waals surface area (Å²) in [6, 6.07) is 5.45. The lowest BCUT2D eigenvalue weighted by Gasteiger charge is -2.28. The van der Waals surface area contributed by atoms with Crippen molar-refractivity contribution >= 4 is 17.3 Å². The number of amides is 1. The monoisotopic (exact) mass is 278 g/mol. The molecule has 5 nitrogen and oxygen atoms in total. The Kier molecular flexibility index (Phi) is 6.31. The van der Waals surface area contributed by atoms with Crippen LogP contribution in [0.3, 0.4) is 0 Å². The third-order valence-electron chi connectivity index (χ3n) is 3.14. The Morgan fingerprint density at radius 1 is 1.25 bits per heavy atom. The zero-order valence-electron chi connectivity index (χ0n) is 12.9. The molecule has 0 saturated heterocycles. The number of hydrogen-bond donors (Lipinski definition) is 2. The number of hydrogen-bond acceptors (Lipinski definition) is 4. The van der Waals surface area contributed by atoms with Gasteiger partial charge in [-0.3, -0.25) is 4.79 Å². The van der Waals surface area contributed by atoms with Crippen LogP contribution < -0.4 is 16.0 Å². The molecule has 0 unspecified atom stereocenters. The fourth-order valence-corrected chi connectivity index (χ4v) is 2.08. The topological polar surface area (TPSA) is 61.6 Å². The summed E-state index contributed by atoms with van der Waals surface area (Å²) in [6.45, 7) is 4.84. The second-order valence-corrected chi connectivity index (χ2v) is 5.15. The molecule has 20 heavy (non-hydrogen) atoms. The number of nitrogens with two attached hydrogens (primary N) is 1. The van der Waals surface area contributed by atoms with E-state index in [1.807, 2.05) is 20.2 Å². The van der Waals surface area contributed by atoms with Gasteiger partial charge in [0, 0.05) is 32.4 Å². The highest BCUT2D eigenvalue weighted by molar-refractivity contribution is 6.00. The van der Waals surface area contributed by atoms with Crippen LogP contribution in [0.2, 0.25) is 0 Å². The summed E-state index contributed by atoms with van der Waals surface area (Å²) < 4.78 is 0. The fourth-order valence-electron chi connectivity index (χ4n) is 2.08. The molecule has 5 heteroatoms. The minimum absolute atomic E-state index is 0.0778. The molecule has 0 heterocycles. The van der Waals surface area contributed by atoms with Gasteiger partial charge in [-0.2, -0.15) is 0 Å². The van der Waals surface area contributed by atoms with Crippen LogP contribution in [0.15, 0.2) is 18.2 Å². The third-order valence-corrected chi connectivity index (χ3v) is 3.14. The summed E-state index contributed by atoms with van der Waals surface area (Å²) in [5, 5.41) is 2.69. The fraction of sp³-hybridized carbons (Fsp3) is 0.533. The van der Waals surface area contributed by atoms with E-state index in [0.717, 1.165) is 31.7 Å². The average molecular weight is 278 g/mol. The van der Waals surface area contributed by atoms with Crippen molar-refractivity contribution in [1.82, 2.24) is 10.2 Å². The molecular weight excluding hydrogens is 252 g/mol. The van der Waals surface area contributed by atoms with Gasteiger partial charge in [0.25, 0.3) is 5.91 Å². The van der Waals surface area contributed by atoms with Crippen LogP contribution in [0.1, 0.15) is 23.7 Å². The molecule has 1 aromatic rings. The van der Waals surface area contributed by atoms with E-state index in [4.69, 9.17) is 5.73 Å². The molecule has 0 saturated carbocycles. The molecule has 0 spiro atoms. The molecule has 0 aromatic heterocycles. The van der Waals surface area contributed by atoms with Gasteiger partial charge in [-0.25, -0.2) is 0 Å². The number of nitrogen functional groups attached to an aromatic ring is 1. The minimum atomic E-state index is -0.0778. The molecule has 0 fully saturated rings. The maximum absolute atomic E-state index is 12.0. The molecule has 0 aliphatic rings. The Morgan fingerprint density at radius 3 is 2.50 bits per heavy atom. The highest BCUT2D eigenvalue weighted by Crippen LogP contribution is 2.24. The van der Waals surface area contributed by atoms with E-state index in [9.17, 15) is 4.79 Å². The summed E-state index contributed by atoms with van der Waals surface area (Å²) in [4.78, 5) is 16.4. The molecule has 1 aromatic carbocycles. The number of nitrogens with zero attached hydrogens (tertiary/aromatic N) is 2. The zero-order chi connectivity index (χ0) is 15.1. The van der Waals surface area contributed by atoms with E-state index in [1.165, 1.54) is 0 Å². The van der Waals surface area contributed by atoms with Crippen LogP contribution in [0.4, 0.5) is 11.4 Å². The molecule has 0 atom stereocenters. The van der Waals surface area contributed by atoms with E-state index in [1.54, 1.807) is 19.2 Å². The van der Waals surface area contributed by atoms with Crippen molar-refractivity contribution in [2.45, 2.75) is 13.3 Å². The van der Waals surface area contributed by atoms with Gasteiger partial charge in [0.05, 0.1) is 11.3 Å². The van der Waals surface area contributed by atoms with Gasteiger partial charge in [-0.1, -0.05) is 6.92 Å². The van der Waals surface area contributed by atoms with Crippen LogP contribution in [-0.4, -0.2) is 51.6 Å². The smallest absolute Gasteiger partial charge is 0.253 e. The van der Waals surface area contributed by atoms with Crippen molar-refractivity contribution in [2.75, 3.05) is 51.4 Å². The van der Waals surface area contributed by atoms with Crippen molar-refractivity contribution in [3.05, 3.63) is 23.8 Å². The first kappa shape index (κ1) is 16.3. The van der Waals surface area contributed by atoms with Crippen molar-refractivity contribution in [3.8, 4) is 0 Å². The number of benzene rings is 1. The predicted molar refractivity (Wildman–Crippen MR) is 85.3 cm³/mol. The summed E-state index contributed by atoms with van der Waals surface area (Å²) in [5.41, 5.74) is 8.15. The lowest BCUT2D eigenvalue weighted by atomic mass is 10.1. The second kappa shape index (κ2) is 7.75. The largest absolute Gasteiger partial charge is 0.399 e. The van der Waals surface area contributed by atoms with Gasteiger partial charge in [0.2, 0.25) is 0 Å². The highest BCUT2D eigenvalue weighted by atomic mass is 16.1. The molecule has 3 N–H and O–H groups in total. The normalized spacial score (nSPS) is 10.7.